The normalized spacial score (nSPS) is 16.2. The van der Waals surface area contributed by atoms with E-state index in [1.54, 1.807) is 0 Å². The second-order valence-corrected chi connectivity index (χ2v) is 6.36. The number of ketones is 1. The van der Waals surface area contributed by atoms with Crippen molar-refractivity contribution in [2.45, 2.75) is 19.4 Å². The summed E-state index contributed by atoms with van der Waals surface area (Å²) in [6.45, 7) is 2.80. The molecule has 1 saturated heterocycles. The number of piperidine rings is 1. The number of rotatable bonds is 5. The van der Waals surface area contributed by atoms with Crippen LogP contribution in [0.5, 0.6) is 0 Å². The maximum atomic E-state index is 12.7. The zero-order valence-electron chi connectivity index (χ0n) is 13.7. The van der Waals surface area contributed by atoms with Gasteiger partial charge in [0.1, 0.15) is 0 Å². The highest BCUT2D eigenvalue weighted by Crippen LogP contribution is 2.22. The molecule has 1 fully saturated rings. The summed E-state index contributed by atoms with van der Waals surface area (Å²) in [7, 11) is 2.12. The van der Waals surface area contributed by atoms with E-state index in [1.807, 2.05) is 42.5 Å². The quantitative estimate of drug-likeness (QED) is 0.852. The van der Waals surface area contributed by atoms with Crippen LogP contribution in [-0.2, 0) is 6.54 Å². The topological polar surface area (TPSA) is 32.3 Å². The third kappa shape index (κ3) is 4.20. The van der Waals surface area contributed by atoms with Crippen LogP contribution >= 0.6 is 0 Å². The van der Waals surface area contributed by atoms with Crippen LogP contribution in [0.1, 0.15) is 28.8 Å². The molecule has 0 unspecified atom stereocenters. The van der Waals surface area contributed by atoms with Crippen molar-refractivity contribution in [3.63, 3.8) is 0 Å². The largest absolute Gasteiger partial charge is 0.381 e. The molecule has 0 saturated carbocycles. The number of hydrogen-bond donors (Lipinski definition) is 1. The van der Waals surface area contributed by atoms with Crippen LogP contribution in [0.25, 0.3) is 0 Å². The summed E-state index contributed by atoms with van der Waals surface area (Å²) in [5.74, 6) is 0.469. The number of nitrogens with zero attached hydrogens (tertiary/aromatic N) is 1. The van der Waals surface area contributed by atoms with Gasteiger partial charge in [0.25, 0.3) is 0 Å². The Bertz CT molecular complexity index is 646. The first kappa shape index (κ1) is 15.8. The summed E-state index contributed by atoms with van der Waals surface area (Å²) < 4.78 is 0. The molecule has 0 amide bonds. The second kappa shape index (κ2) is 7.42. The molecule has 0 bridgehead atoms. The van der Waals surface area contributed by atoms with Crippen molar-refractivity contribution in [2.75, 3.05) is 25.5 Å². The molecule has 2 aromatic rings. The molecule has 0 atom stereocenters. The first-order valence-electron chi connectivity index (χ1n) is 8.33. The Morgan fingerprint density at radius 3 is 2.57 bits per heavy atom. The van der Waals surface area contributed by atoms with Gasteiger partial charge >= 0.3 is 0 Å². The number of anilines is 1. The van der Waals surface area contributed by atoms with Gasteiger partial charge in [-0.2, -0.15) is 0 Å². The maximum absolute atomic E-state index is 12.7. The molecule has 2 aromatic carbocycles. The maximum Gasteiger partial charge on any atom is 0.166 e. The number of benzene rings is 2. The van der Waals surface area contributed by atoms with Crippen molar-refractivity contribution in [3.8, 4) is 0 Å². The average Bonchev–Trinajstić information content (AvgIpc) is 2.61. The zero-order chi connectivity index (χ0) is 16.1. The van der Waals surface area contributed by atoms with Crippen LogP contribution in [0.3, 0.4) is 0 Å². The summed E-state index contributed by atoms with van der Waals surface area (Å²) in [6, 6.07) is 18.2. The Kier molecular flexibility index (Phi) is 5.09. The average molecular weight is 308 g/mol. The lowest BCUT2D eigenvalue weighted by atomic mass is 9.89. The van der Waals surface area contributed by atoms with Crippen LogP contribution in [0, 0.1) is 5.92 Å². The molecule has 120 valence electrons. The number of nitrogens with one attached hydrogen (secondary N) is 1. The summed E-state index contributed by atoms with van der Waals surface area (Å²) >= 11 is 0. The van der Waals surface area contributed by atoms with Gasteiger partial charge in [-0.05, 0) is 50.7 Å². The van der Waals surface area contributed by atoms with Gasteiger partial charge in [0.15, 0.2) is 5.78 Å². The van der Waals surface area contributed by atoms with E-state index in [0.29, 0.717) is 5.78 Å². The Morgan fingerprint density at radius 2 is 1.83 bits per heavy atom. The van der Waals surface area contributed by atoms with Gasteiger partial charge in [0, 0.05) is 23.7 Å². The van der Waals surface area contributed by atoms with E-state index in [9.17, 15) is 4.79 Å². The van der Waals surface area contributed by atoms with Crippen molar-refractivity contribution in [1.29, 1.82) is 0 Å². The Morgan fingerprint density at radius 1 is 1.09 bits per heavy atom. The molecule has 1 heterocycles. The Hall–Kier alpha value is -2.13. The molecule has 0 aliphatic carbocycles. The van der Waals surface area contributed by atoms with E-state index >= 15 is 0 Å². The SMILES string of the molecule is CN1CCC(C(=O)c2cccc(NCc3ccccc3)c2)CC1. The number of Topliss-reactive ketones (excluding diaryl/α,β-unsaturated/α-hetero) is 1. The minimum absolute atomic E-state index is 0.176. The van der Waals surface area contributed by atoms with E-state index in [0.717, 1.165) is 43.7 Å². The molecular weight excluding hydrogens is 284 g/mol. The van der Waals surface area contributed by atoms with Crippen LogP contribution < -0.4 is 5.32 Å². The highest BCUT2D eigenvalue weighted by molar-refractivity contribution is 5.98. The fourth-order valence-electron chi connectivity index (χ4n) is 3.09. The van der Waals surface area contributed by atoms with Crippen molar-refractivity contribution in [1.82, 2.24) is 4.90 Å². The van der Waals surface area contributed by atoms with E-state index in [1.165, 1.54) is 5.56 Å². The standard InChI is InChI=1S/C20H24N2O/c1-22-12-10-17(11-13-22)20(23)18-8-5-9-19(14-18)21-15-16-6-3-2-4-7-16/h2-9,14,17,21H,10-13,15H2,1H3. The molecule has 0 radical (unpaired) electrons. The van der Waals surface area contributed by atoms with E-state index in [4.69, 9.17) is 0 Å². The lowest BCUT2D eigenvalue weighted by Gasteiger charge is -2.28. The minimum atomic E-state index is 0.176. The third-order valence-electron chi connectivity index (χ3n) is 4.58. The van der Waals surface area contributed by atoms with Crippen molar-refractivity contribution in [3.05, 3.63) is 65.7 Å². The highest BCUT2D eigenvalue weighted by Gasteiger charge is 2.24. The molecule has 1 aliphatic rings. The fraction of sp³-hybridized carbons (Fsp3) is 0.350. The zero-order valence-corrected chi connectivity index (χ0v) is 13.7. The van der Waals surface area contributed by atoms with E-state index < -0.39 is 0 Å². The van der Waals surface area contributed by atoms with Crippen LogP contribution in [0.2, 0.25) is 0 Å². The molecule has 0 aromatic heterocycles. The van der Waals surface area contributed by atoms with Gasteiger partial charge < -0.3 is 10.2 Å². The summed E-state index contributed by atoms with van der Waals surface area (Å²) in [4.78, 5) is 15.0. The Balaban J connectivity index is 1.64. The molecule has 23 heavy (non-hydrogen) atoms. The molecule has 3 rings (SSSR count). The fourth-order valence-corrected chi connectivity index (χ4v) is 3.09. The summed E-state index contributed by atoms with van der Waals surface area (Å²) in [5, 5.41) is 3.41. The number of carbonyl (C=O) groups is 1. The molecule has 0 spiro atoms. The van der Waals surface area contributed by atoms with Gasteiger partial charge in [-0.15, -0.1) is 0 Å². The predicted molar refractivity (Wildman–Crippen MR) is 94.8 cm³/mol. The van der Waals surface area contributed by atoms with E-state index in [-0.39, 0.29) is 5.92 Å². The molecule has 3 nitrogen and oxygen atoms in total. The number of carbonyl (C=O) groups excluding carboxylic acids is 1. The van der Waals surface area contributed by atoms with Gasteiger partial charge in [-0.3, -0.25) is 4.79 Å². The van der Waals surface area contributed by atoms with Crippen LogP contribution in [0.4, 0.5) is 5.69 Å². The lowest BCUT2D eigenvalue weighted by Crippen LogP contribution is -2.33. The first-order valence-corrected chi connectivity index (χ1v) is 8.33. The molecule has 1 aliphatic heterocycles. The monoisotopic (exact) mass is 308 g/mol. The molecular formula is C20H24N2O. The van der Waals surface area contributed by atoms with Crippen molar-refractivity contribution >= 4 is 11.5 Å². The number of likely N-dealkylation sites (tertiary alicyclic amines) is 1. The van der Waals surface area contributed by atoms with E-state index in [2.05, 4.69) is 29.4 Å². The third-order valence-corrected chi connectivity index (χ3v) is 4.58. The van der Waals surface area contributed by atoms with Gasteiger partial charge in [-0.1, -0.05) is 42.5 Å². The Labute approximate surface area is 138 Å². The number of hydrogen-bond acceptors (Lipinski definition) is 3. The smallest absolute Gasteiger partial charge is 0.166 e. The predicted octanol–water partition coefficient (Wildman–Crippen LogP) is 3.82. The minimum Gasteiger partial charge on any atom is -0.381 e. The van der Waals surface area contributed by atoms with Crippen LogP contribution in [0.15, 0.2) is 54.6 Å². The van der Waals surface area contributed by atoms with Crippen molar-refractivity contribution < 1.29 is 4.79 Å². The van der Waals surface area contributed by atoms with Crippen LogP contribution in [-0.4, -0.2) is 30.8 Å². The second-order valence-electron chi connectivity index (χ2n) is 6.36. The molecule has 3 heteroatoms. The molecule has 1 N–H and O–H groups in total. The van der Waals surface area contributed by atoms with Gasteiger partial charge in [0.2, 0.25) is 0 Å². The van der Waals surface area contributed by atoms with Gasteiger partial charge in [0.05, 0.1) is 0 Å². The summed E-state index contributed by atoms with van der Waals surface area (Å²) in [6.07, 6.45) is 1.94. The van der Waals surface area contributed by atoms with Gasteiger partial charge in [-0.25, -0.2) is 0 Å². The first-order chi connectivity index (χ1) is 11.2. The van der Waals surface area contributed by atoms with Crippen molar-refractivity contribution in [2.24, 2.45) is 5.92 Å². The lowest BCUT2D eigenvalue weighted by molar-refractivity contribution is 0.0857. The highest BCUT2D eigenvalue weighted by atomic mass is 16.1. The summed E-state index contributed by atoms with van der Waals surface area (Å²) in [5.41, 5.74) is 3.07.